The summed E-state index contributed by atoms with van der Waals surface area (Å²) in [4.78, 5) is 23.5. The number of nitrogens with one attached hydrogen (secondary N) is 1. The van der Waals surface area contributed by atoms with E-state index in [1.165, 1.54) is 7.11 Å². The van der Waals surface area contributed by atoms with E-state index < -0.39 is 5.60 Å². The largest absolute Gasteiger partial charge is 0.492 e. The second kappa shape index (κ2) is 12.1. The van der Waals surface area contributed by atoms with Crippen LogP contribution in [0.15, 0.2) is 60.8 Å². The zero-order chi connectivity index (χ0) is 25.4. The van der Waals surface area contributed by atoms with Crippen molar-refractivity contribution in [3.8, 4) is 11.8 Å². The summed E-state index contributed by atoms with van der Waals surface area (Å²) in [6, 6.07) is 16.8. The predicted molar refractivity (Wildman–Crippen MR) is 139 cm³/mol. The number of para-hydroxylation sites is 1. The Morgan fingerprint density at radius 3 is 2.67 bits per heavy atom. The molecule has 0 atom stereocenters. The van der Waals surface area contributed by atoms with E-state index >= 15 is 0 Å². The quantitative estimate of drug-likeness (QED) is 0.405. The minimum atomic E-state index is -0.865. The minimum absolute atomic E-state index is 0.199. The number of hydrogen-bond acceptors (Lipinski definition) is 7. The first kappa shape index (κ1) is 25.7. The van der Waals surface area contributed by atoms with Crippen molar-refractivity contribution in [1.82, 2.24) is 15.3 Å². The van der Waals surface area contributed by atoms with E-state index in [-0.39, 0.29) is 18.5 Å². The Kier molecular flexibility index (Phi) is 8.61. The lowest BCUT2D eigenvalue weighted by molar-refractivity contribution is 0.00526. The second-order valence-corrected chi connectivity index (χ2v) is 9.25. The molecule has 1 saturated carbocycles. The predicted octanol–water partition coefficient (Wildman–Crippen LogP) is 4.78. The van der Waals surface area contributed by atoms with Gasteiger partial charge in [0.1, 0.15) is 18.2 Å². The molecule has 1 aliphatic carbocycles. The average molecular weight is 511 g/mol. The number of methoxy groups -OCH3 is 1. The molecular weight excluding hydrogens is 480 g/mol. The van der Waals surface area contributed by atoms with Gasteiger partial charge in [0, 0.05) is 18.4 Å². The first-order chi connectivity index (χ1) is 17.5. The molecule has 1 aliphatic rings. The smallest absolute Gasteiger partial charge is 0.318 e. The fraction of sp³-hybridized carbons (Fsp3) is 0.370. The summed E-state index contributed by atoms with van der Waals surface area (Å²) in [5.41, 5.74) is 0.165. The van der Waals surface area contributed by atoms with Crippen LogP contribution in [0.2, 0.25) is 5.02 Å². The Morgan fingerprint density at radius 2 is 1.92 bits per heavy atom. The molecule has 0 aliphatic heterocycles. The van der Waals surface area contributed by atoms with E-state index in [0.717, 1.165) is 25.0 Å². The summed E-state index contributed by atoms with van der Waals surface area (Å²) >= 11 is 6.42. The lowest BCUT2D eigenvalue weighted by atomic mass is 9.85. The molecule has 9 heteroatoms. The highest BCUT2D eigenvalue weighted by molar-refractivity contribution is 6.34. The van der Waals surface area contributed by atoms with Gasteiger partial charge in [-0.25, -0.2) is 4.98 Å². The maximum atomic E-state index is 13.1. The normalized spacial score (nSPS) is 14.6. The van der Waals surface area contributed by atoms with E-state index in [9.17, 15) is 9.90 Å². The maximum absolute atomic E-state index is 13.1. The van der Waals surface area contributed by atoms with Crippen molar-refractivity contribution in [3.05, 3.63) is 71.4 Å². The number of aliphatic hydroxyl groups is 1. The highest BCUT2D eigenvalue weighted by Gasteiger charge is 2.30. The van der Waals surface area contributed by atoms with Crippen LogP contribution in [0.4, 0.5) is 11.5 Å². The van der Waals surface area contributed by atoms with Crippen LogP contribution in [0, 0.1) is 0 Å². The number of benzene rings is 2. The van der Waals surface area contributed by atoms with Crippen molar-refractivity contribution in [2.45, 2.75) is 37.7 Å². The highest BCUT2D eigenvalue weighted by Crippen LogP contribution is 2.30. The molecule has 1 amide bonds. The molecule has 0 spiro atoms. The molecule has 36 heavy (non-hydrogen) atoms. The number of carbonyl (C=O) groups excluding carboxylic acids is 1. The topological polar surface area (TPSA) is 96.8 Å². The molecule has 0 bridgehead atoms. The number of amides is 1. The third-order valence-corrected chi connectivity index (χ3v) is 6.60. The number of rotatable bonds is 10. The van der Waals surface area contributed by atoms with Gasteiger partial charge in [0.15, 0.2) is 0 Å². The van der Waals surface area contributed by atoms with Crippen molar-refractivity contribution < 1.29 is 19.4 Å². The molecule has 0 radical (unpaired) electrons. The first-order valence-corrected chi connectivity index (χ1v) is 12.5. The highest BCUT2D eigenvalue weighted by atomic mass is 35.5. The minimum Gasteiger partial charge on any atom is -0.492 e. The van der Waals surface area contributed by atoms with Gasteiger partial charge in [0.25, 0.3) is 5.91 Å². The molecule has 0 saturated heterocycles. The Hall–Kier alpha value is -3.36. The molecule has 1 heterocycles. The summed E-state index contributed by atoms with van der Waals surface area (Å²) in [5.74, 6) is 1.01. The van der Waals surface area contributed by atoms with E-state index in [1.807, 2.05) is 41.3 Å². The van der Waals surface area contributed by atoms with Crippen LogP contribution in [0.25, 0.3) is 0 Å². The number of aromatic nitrogens is 2. The molecular formula is C27H31ClN4O4. The van der Waals surface area contributed by atoms with Gasteiger partial charge in [0.05, 0.1) is 29.8 Å². The van der Waals surface area contributed by atoms with E-state index in [0.29, 0.717) is 48.1 Å². The number of anilines is 2. The van der Waals surface area contributed by atoms with Gasteiger partial charge in [-0.1, -0.05) is 49.1 Å². The van der Waals surface area contributed by atoms with Crippen LogP contribution < -0.4 is 19.7 Å². The zero-order valence-corrected chi connectivity index (χ0v) is 21.1. The molecule has 0 unspecified atom stereocenters. The van der Waals surface area contributed by atoms with Crippen molar-refractivity contribution >= 4 is 29.0 Å². The Balaban J connectivity index is 1.55. The first-order valence-electron chi connectivity index (χ1n) is 12.1. The summed E-state index contributed by atoms with van der Waals surface area (Å²) in [5, 5.41) is 14.0. The van der Waals surface area contributed by atoms with Crippen LogP contribution in [0.5, 0.6) is 11.8 Å². The number of carbonyl (C=O) groups is 1. The number of halogens is 1. The van der Waals surface area contributed by atoms with Crippen LogP contribution in [-0.2, 0) is 0 Å². The number of nitrogens with zero attached hydrogens (tertiary/aromatic N) is 3. The van der Waals surface area contributed by atoms with Gasteiger partial charge < -0.3 is 24.8 Å². The van der Waals surface area contributed by atoms with Gasteiger partial charge in [-0.2, -0.15) is 4.98 Å². The Labute approximate surface area is 216 Å². The van der Waals surface area contributed by atoms with E-state index in [2.05, 4.69) is 15.3 Å². The van der Waals surface area contributed by atoms with E-state index in [1.54, 1.807) is 24.4 Å². The summed E-state index contributed by atoms with van der Waals surface area (Å²) in [7, 11) is 1.51. The zero-order valence-electron chi connectivity index (χ0n) is 20.3. The Bertz CT molecular complexity index is 1160. The standard InChI is InChI=1S/C27H31ClN4O4/c1-35-26-29-15-12-24(31-26)32(16-17-36-21-8-4-2-5-9-21)20-10-11-23(28)22(18-20)25(33)30-19-27(34)13-6-3-7-14-27/h2,4-5,8-12,15,18,34H,3,6-7,13-14,16-17,19H2,1H3,(H,30,33). The lowest BCUT2D eigenvalue weighted by Crippen LogP contribution is -2.44. The molecule has 8 nitrogen and oxygen atoms in total. The Morgan fingerprint density at radius 1 is 1.14 bits per heavy atom. The van der Waals surface area contributed by atoms with Gasteiger partial charge >= 0.3 is 6.01 Å². The molecule has 2 N–H and O–H groups in total. The third kappa shape index (κ3) is 6.65. The second-order valence-electron chi connectivity index (χ2n) is 8.85. The summed E-state index contributed by atoms with van der Waals surface area (Å²) < 4.78 is 11.1. The molecule has 3 aromatic rings. The summed E-state index contributed by atoms with van der Waals surface area (Å²) in [6.45, 7) is 1.01. The van der Waals surface area contributed by atoms with Crippen LogP contribution in [0.3, 0.4) is 0 Å². The van der Waals surface area contributed by atoms with Crippen LogP contribution >= 0.6 is 11.6 Å². The molecule has 1 fully saturated rings. The van der Waals surface area contributed by atoms with Gasteiger partial charge in [-0.05, 0) is 49.2 Å². The maximum Gasteiger partial charge on any atom is 0.318 e. The van der Waals surface area contributed by atoms with Gasteiger partial charge in [-0.15, -0.1) is 0 Å². The monoisotopic (exact) mass is 510 g/mol. The van der Waals surface area contributed by atoms with Crippen molar-refractivity contribution in [1.29, 1.82) is 0 Å². The molecule has 1 aromatic heterocycles. The fourth-order valence-electron chi connectivity index (χ4n) is 4.31. The van der Waals surface area contributed by atoms with Crippen molar-refractivity contribution in [3.63, 3.8) is 0 Å². The number of hydrogen-bond donors (Lipinski definition) is 2. The molecule has 190 valence electrons. The van der Waals surface area contributed by atoms with Crippen LogP contribution in [-0.4, -0.2) is 53.4 Å². The molecule has 2 aromatic carbocycles. The molecule has 4 rings (SSSR count). The fourth-order valence-corrected chi connectivity index (χ4v) is 4.51. The third-order valence-electron chi connectivity index (χ3n) is 6.27. The van der Waals surface area contributed by atoms with Crippen LogP contribution in [0.1, 0.15) is 42.5 Å². The number of ether oxygens (including phenoxy) is 2. The average Bonchev–Trinajstić information content (AvgIpc) is 2.91. The van der Waals surface area contributed by atoms with E-state index in [4.69, 9.17) is 21.1 Å². The lowest BCUT2D eigenvalue weighted by Gasteiger charge is -2.32. The SMILES string of the molecule is COc1nccc(N(CCOc2ccccc2)c2ccc(Cl)c(C(=O)NCC3(O)CCCCC3)c2)n1. The van der Waals surface area contributed by atoms with Gasteiger partial charge in [-0.3, -0.25) is 4.79 Å². The van der Waals surface area contributed by atoms with Crippen molar-refractivity contribution in [2.24, 2.45) is 0 Å². The summed E-state index contributed by atoms with van der Waals surface area (Å²) in [6.07, 6.45) is 6.02. The van der Waals surface area contributed by atoms with Crippen molar-refractivity contribution in [2.75, 3.05) is 31.7 Å². The van der Waals surface area contributed by atoms with Gasteiger partial charge in [0.2, 0.25) is 0 Å².